The fraction of sp³-hybridized carbons (Fsp3) is 0.500. The molecule has 1 saturated heterocycles. The number of anilines is 1. The van der Waals surface area contributed by atoms with Crippen molar-refractivity contribution in [3.05, 3.63) is 30.1 Å². The minimum Gasteiger partial charge on any atom is -0.354 e. The third-order valence-corrected chi connectivity index (χ3v) is 4.01. The quantitative estimate of drug-likeness (QED) is 0.787. The summed E-state index contributed by atoms with van der Waals surface area (Å²) in [6.45, 7) is 4.30. The number of hydrogen-bond acceptors (Lipinski definition) is 3. The number of hydrogen-bond donors (Lipinski definition) is 0. The molecule has 0 bridgehead atoms. The van der Waals surface area contributed by atoms with E-state index >= 15 is 0 Å². The monoisotopic (exact) mass is 278 g/mol. The molecule has 1 aliphatic rings. The zero-order chi connectivity index (χ0) is 13.2. The summed E-state index contributed by atoms with van der Waals surface area (Å²) in [6.07, 6.45) is 3.21. The number of halogens is 1. The topological polar surface area (TPSA) is 23.8 Å². The third kappa shape index (κ3) is 2.42. The normalized spacial score (nSPS) is 17.9. The predicted molar refractivity (Wildman–Crippen MR) is 79.1 cm³/mol. The number of fused-ring (bicyclic) bond motifs is 1. The molecule has 1 aliphatic heterocycles. The van der Waals surface area contributed by atoms with Crippen LogP contribution in [0.25, 0.3) is 5.65 Å². The fourth-order valence-electron chi connectivity index (χ4n) is 2.67. The van der Waals surface area contributed by atoms with Gasteiger partial charge < -0.3 is 14.2 Å². The molecule has 2 aromatic rings. The molecule has 3 heterocycles. The zero-order valence-electron chi connectivity index (χ0n) is 11.2. The number of likely N-dealkylation sites (N-methyl/N-ethyl adjacent to an activating group) is 1. The first-order chi connectivity index (χ1) is 9.29. The second kappa shape index (κ2) is 5.39. The van der Waals surface area contributed by atoms with Crippen LogP contribution >= 0.6 is 11.6 Å². The molecule has 5 heteroatoms. The van der Waals surface area contributed by atoms with Crippen molar-refractivity contribution < 1.29 is 0 Å². The fourth-order valence-corrected chi connectivity index (χ4v) is 2.92. The number of alkyl halides is 1. The molecule has 0 radical (unpaired) electrons. The summed E-state index contributed by atoms with van der Waals surface area (Å²) in [7, 11) is 2.18. The van der Waals surface area contributed by atoms with E-state index < -0.39 is 0 Å². The number of imidazole rings is 1. The van der Waals surface area contributed by atoms with Crippen molar-refractivity contribution in [2.75, 3.05) is 38.1 Å². The van der Waals surface area contributed by atoms with Crippen molar-refractivity contribution >= 4 is 23.1 Å². The van der Waals surface area contributed by atoms with Crippen LogP contribution in [-0.2, 0) is 5.88 Å². The minimum absolute atomic E-state index is 0.493. The first-order valence-electron chi connectivity index (χ1n) is 6.75. The van der Waals surface area contributed by atoms with Gasteiger partial charge in [-0.1, -0.05) is 6.07 Å². The van der Waals surface area contributed by atoms with Gasteiger partial charge >= 0.3 is 0 Å². The third-order valence-electron chi connectivity index (χ3n) is 3.75. The highest BCUT2D eigenvalue weighted by atomic mass is 35.5. The van der Waals surface area contributed by atoms with Crippen molar-refractivity contribution in [2.45, 2.75) is 12.3 Å². The Hall–Kier alpha value is -1.26. The van der Waals surface area contributed by atoms with Gasteiger partial charge in [-0.3, -0.25) is 0 Å². The largest absolute Gasteiger partial charge is 0.354 e. The summed E-state index contributed by atoms with van der Waals surface area (Å²) < 4.78 is 2.09. The molecule has 0 aromatic carbocycles. The van der Waals surface area contributed by atoms with Gasteiger partial charge in [0, 0.05) is 25.8 Å². The highest BCUT2D eigenvalue weighted by Crippen LogP contribution is 2.24. The lowest BCUT2D eigenvalue weighted by Gasteiger charge is -2.21. The highest BCUT2D eigenvalue weighted by molar-refractivity contribution is 6.17. The van der Waals surface area contributed by atoms with Gasteiger partial charge in [-0.15, -0.1) is 11.6 Å². The Morgan fingerprint density at radius 1 is 1.21 bits per heavy atom. The molecular weight excluding hydrogens is 260 g/mol. The van der Waals surface area contributed by atoms with E-state index in [0.717, 1.165) is 43.3 Å². The van der Waals surface area contributed by atoms with Gasteiger partial charge in [0.05, 0.1) is 11.6 Å². The van der Waals surface area contributed by atoms with Crippen LogP contribution in [-0.4, -0.2) is 47.5 Å². The Bertz CT molecular complexity index is 566. The van der Waals surface area contributed by atoms with E-state index in [4.69, 9.17) is 16.6 Å². The van der Waals surface area contributed by atoms with E-state index in [0.29, 0.717) is 5.88 Å². The van der Waals surface area contributed by atoms with E-state index in [-0.39, 0.29) is 0 Å². The summed E-state index contributed by atoms with van der Waals surface area (Å²) in [5, 5.41) is 0. The van der Waals surface area contributed by atoms with Crippen molar-refractivity contribution in [1.29, 1.82) is 0 Å². The summed E-state index contributed by atoms with van der Waals surface area (Å²) in [5.41, 5.74) is 2.08. The summed E-state index contributed by atoms with van der Waals surface area (Å²) in [4.78, 5) is 9.50. The van der Waals surface area contributed by atoms with Crippen molar-refractivity contribution in [3.8, 4) is 0 Å². The van der Waals surface area contributed by atoms with Crippen molar-refractivity contribution in [1.82, 2.24) is 14.3 Å². The van der Waals surface area contributed by atoms with Gasteiger partial charge in [-0.25, -0.2) is 4.98 Å². The number of pyridine rings is 1. The standard InChI is InChI=1S/C14H19ClN4/c1-17-6-4-7-18(10-9-17)14-12(11-15)19-8-3-2-5-13(19)16-14/h2-3,5,8H,4,6-7,9-11H2,1H3. The Labute approximate surface area is 118 Å². The van der Waals surface area contributed by atoms with Gasteiger partial charge in [-0.05, 0) is 32.1 Å². The maximum atomic E-state index is 6.14. The average Bonchev–Trinajstić information content (AvgIpc) is 2.67. The van der Waals surface area contributed by atoms with Gasteiger partial charge in [0.1, 0.15) is 5.65 Å². The number of rotatable bonds is 2. The Morgan fingerprint density at radius 2 is 2.11 bits per heavy atom. The lowest BCUT2D eigenvalue weighted by molar-refractivity contribution is 0.360. The maximum Gasteiger partial charge on any atom is 0.152 e. The van der Waals surface area contributed by atoms with Crippen LogP contribution < -0.4 is 4.90 Å². The summed E-state index contributed by atoms with van der Waals surface area (Å²) in [5.74, 6) is 1.55. The second-order valence-corrected chi connectivity index (χ2v) is 5.36. The molecular formula is C14H19ClN4. The second-order valence-electron chi connectivity index (χ2n) is 5.09. The molecule has 0 amide bonds. The van der Waals surface area contributed by atoms with Gasteiger partial charge in [0.2, 0.25) is 0 Å². The molecule has 0 unspecified atom stereocenters. The SMILES string of the molecule is CN1CCCN(c2nc3ccccn3c2CCl)CC1. The van der Waals surface area contributed by atoms with E-state index in [2.05, 4.69) is 21.2 Å². The van der Waals surface area contributed by atoms with E-state index in [1.807, 2.05) is 24.4 Å². The Morgan fingerprint density at radius 3 is 2.95 bits per heavy atom. The summed E-state index contributed by atoms with van der Waals surface area (Å²) in [6, 6.07) is 6.06. The highest BCUT2D eigenvalue weighted by Gasteiger charge is 2.19. The molecule has 19 heavy (non-hydrogen) atoms. The van der Waals surface area contributed by atoms with Crippen LogP contribution in [0.5, 0.6) is 0 Å². The Balaban J connectivity index is 1.99. The minimum atomic E-state index is 0.493. The van der Waals surface area contributed by atoms with Crippen molar-refractivity contribution in [2.24, 2.45) is 0 Å². The van der Waals surface area contributed by atoms with E-state index in [1.54, 1.807) is 0 Å². The molecule has 3 rings (SSSR count). The molecule has 0 aliphatic carbocycles. The van der Waals surface area contributed by atoms with Crippen molar-refractivity contribution in [3.63, 3.8) is 0 Å². The first-order valence-corrected chi connectivity index (χ1v) is 7.28. The first kappa shape index (κ1) is 12.8. The van der Waals surface area contributed by atoms with Gasteiger partial charge in [0.25, 0.3) is 0 Å². The molecule has 0 saturated carbocycles. The lowest BCUT2D eigenvalue weighted by atomic mass is 10.3. The van der Waals surface area contributed by atoms with Crippen LogP contribution in [0.15, 0.2) is 24.4 Å². The van der Waals surface area contributed by atoms with E-state index in [1.165, 1.54) is 6.42 Å². The lowest BCUT2D eigenvalue weighted by Crippen LogP contribution is -2.29. The average molecular weight is 279 g/mol. The zero-order valence-corrected chi connectivity index (χ0v) is 12.0. The number of nitrogens with zero attached hydrogens (tertiary/aromatic N) is 4. The number of aromatic nitrogens is 2. The van der Waals surface area contributed by atoms with Gasteiger partial charge in [0.15, 0.2) is 5.82 Å². The Kier molecular flexibility index (Phi) is 3.62. The summed E-state index contributed by atoms with van der Waals surface area (Å²) >= 11 is 6.14. The molecule has 1 fully saturated rings. The molecule has 0 atom stereocenters. The van der Waals surface area contributed by atoms with Crippen LogP contribution in [0.2, 0.25) is 0 Å². The van der Waals surface area contributed by atoms with Crippen LogP contribution in [0.3, 0.4) is 0 Å². The van der Waals surface area contributed by atoms with Gasteiger partial charge in [-0.2, -0.15) is 0 Å². The van der Waals surface area contributed by atoms with E-state index in [9.17, 15) is 0 Å². The molecule has 102 valence electrons. The van der Waals surface area contributed by atoms with Crippen LogP contribution in [0.1, 0.15) is 12.1 Å². The van der Waals surface area contributed by atoms with Crippen LogP contribution in [0.4, 0.5) is 5.82 Å². The maximum absolute atomic E-state index is 6.14. The smallest absolute Gasteiger partial charge is 0.152 e. The molecule has 4 nitrogen and oxygen atoms in total. The predicted octanol–water partition coefficient (Wildman–Crippen LogP) is 2.21. The molecule has 0 N–H and O–H groups in total. The molecule has 0 spiro atoms. The van der Waals surface area contributed by atoms with Crippen LogP contribution in [0, 0.1) is 0 Å². The molecule has 2 aromatic heterocycles.